The molecule has 0 fully saturated rings. The number of carbonyl (C=O) groups excluding carboxylic acids is 2. The highest BCUT2D eigenvalue weighted by molar-refractivity contribution is 7.17. The molecule has 150 valence electrons. The summed E-state index contributed by atoms with van der Waals surface area (Å²) in [6, 6.07) is 5.74. The Morgan fingerprint density at radius 2 is 2.00 bits per heavy atom. The van der Waals surface area contributed by atoms with Crippen molar-refractivity contribution in [3.05, 3.63) is 39.8 Å². The zero-order valence-electron chi connectivity index (χ0n) is 16.5. The Morgan fingerprint density at radius 1 is 1.21 bits per heavy atom. The van der Waals surface area contributed by atoms with Crippen molar-refractivity contribution in [2.24, 2.45) is 0 Å². The molecule has 1 heterocycles. The Kier molecular flexibility index (Phi) is 6.57. The number of thiophene rings is 1. The third-order valence-electron chi connectivity index (χ3n) is 4.70. The standard InChI is InChI=1S/C21H26N2O4S/c1-4-27-21(25)19-14-7-5-6-8-17(14)28-20(19)23-18(24)12-22-15-11-13(2)9-10-16(15)26-3/h9-11,22H,4-8,12H2,1-3H3,(H,23,24). The molecule has 1 aromatic carbocycles. The topological polar surface area (TPSA) is 76.7 Å². The summed E-state index contributed by atoms with van der Waals surface area (Å²) in [6.45, 7) is 4.15. The van der Waals surface area contributed by atoms with Gasteiger partial charge >= 0.3 is 5.97 Å². The molecule has 0 bridgehead atoms. The maximum Gasteiger partial charge on any atom is 0.341 e. The molecule has 0 radical (unpaired) electrons. The van der Waals surface area contributed by atoms with Crippen molar-refractivity contribution in [3.8, 4) is 5.75 Å². The lowest BCUT2D eigenvalue weighted by Gasteiger charge is -2.13. The predicted octanol–water partition coefficient (Wildman–Crippen LogP) is 4.17. The lowest BCUT2D eigenvalue weighted by molar-refractivity contribution is -0.114. The molecule has 1 aromatic heterocycles. The number of ether oxygens (including phenoxy) is 2. The summed E-state index contributed by atoms with van der Waals surface area (Å²) in [4.78, 5) is 26.2. The third kappa shape index (κ3) is 4.47. The van der Waals surface area contributed by atoms with E-state index in [1.807, 2.05) is 25.1 Å². The van der Waals surface area contributed by atoms with Crippen LogP contribution in [0.3, 0.4) is 0 Å². The zero-order chi connectivity index (χ0) is 20.1. The van der Waals surface area contributed by atoms with Gasteiger partial charge in [-0.3, -0.25) is 4.79 Å². The van der Waals surface area contributed by atoms with Crippen molar-refractivity contribution in [2.75, 3.05) is 30.9 Å². The van der Waals surface area contributed by atoms with Crippen LogP contribution in [0.15, 0.2) is 18.2 Å². The van der Waals surface area contributed by atoms with Gasteiger partial charge in [0.05, 0.1) is 31.5 Å². The molecule has 1 aliphatic carbocycles. The Morgan fingerprint density at radius 3 is 2.75 bits per heavy atom. The van der Waals surface area contributed by atoms with E-state index in [4.69, 9.17) is 9.47 Å². The highest BCUT2D eigenvalue weighted by Gasteiger charge is 2.27. The number of methoxy groups -OCH3 is 1. The van der Waals surface area contributed by atoms with E-state index in [0.29, 0.717) is 22.9 Å². The largest absolute Gasteiger partial charge is 0.495 e. The Balaban J connectivity index is 1.74. The quantitative estimate of drug-likeness (QED) is 0.680. The average molecular weight is 403 g/mol. The van der Waals surface area contributed by atoms with Crippen LogP contribution >= 0.6 is 11.3 Å². The molecule has 0 spiro atoms. The second-order valence-corrected chi connectivity index (χ2v) is 7.85. The minimum atomic E-state index is -0.356. The summed E-state index contributed by atoms with van der Waals surface area (Å²) < 4.78 is 10.6. The van der Waals surface area contributed by atoms with Crippen LogP contribution in [-0.4, -0.2) is 32.1 Å². The summed E-state index contributed by atoms with van der Waals surface area (Å²) in [5, 5.41) is 6.61. The molecule has 0 unspecified atom stereocenters. The molecular weight excluding hydrogens is 376 g/mol. The number of anilines is 2. The molecule has 0 aliphatic heterocycles. The second-order valence-electron chi connectivity index (χ2n) is 6.74. The molecule has 0 atom stereocenters. The molecule has 0 saturated heterocycles. The Labute approximate surface area is 169 Å². The van der Waals surface area contributed by atoms with Crippen LogP contribution in [0.25, 0.3) is 0 Å². The molecule has 2 aromatic rings. The maximum absolute atomic E-state index is 12.6. The fourth-order valence-corrected chi connectivity index (χ4v) is 4.67. The monoisotopic (exact) mass is 402 g/mol. The number of benzene rings is 1. The van der Waals surface area contributed by atoms with E-state index >= 15 is 0 Å². The minimum absolute atomic E-state index is 0.0741. The molecule has 28 heavy (non-hydrogen) atoms. The van der Waals surface area contributed by atoms with Gasteiger partial charge in [-0.05, 0) is 62.8 Å². The lowest BCUT2D eigenvalue weighted by Crippen LogP contribution is -2.23. The van der Waals surface area contributed by atoms with E-state index in [0.717, 1.165) is 42.5 Å². The van der Waals surface area contributed by atoms with E-state index in [1.165, 1.54) is 16.2 Å². The molecule has 2 N–H and O–H groups in total. The number of rotatable bonds is 7. The number of nitrogens with one attached hydrogen (secondary N) is 2. The van der Waals surface area contributed by atoms with E-state index in [1.54, 1.807) is 14.0 Å². The van der Waals surface area contributed by atoms with Crippen molar-refractivity contribution >= 4 is 33.9 Å². The van der Waals surface area contributed by atoms with Gasteiger partial charge in [0.1, 0.15) is 10.8 Å². The van der Waals surface area contributed by atoms with Crippen molar-refractivity contribution in [1.29, 1.82) is 0 Å². The highest BCUT2D eigenvalue weighted by atomic mass is 32.1. The van der Waals surface area contributed by atoms with Gasteiger partial charge in [0.2, 0.25) is 5.91 Å². The van der Waals surface area contributed by atoms with Crippen molar-refractivity contribution in [2.45, 2.75) is 39.5 Å². The molecule has 1 amide bonds. The van der Waals surface area contributed by atoms with Crippen LogP contribution in [-0.2, 0) is 22.4 Å². The number of aryl methyl sites for hydroxylation is 2. The number of hydrogen-bond donors (Lipinski definition) is 2. The number of hydrogen-bond acceptors (Lipinski definition) is 6. The molecule has 0 saturated carbocycles. The summed E-state index contributed by atoms with van der Waals surface area (Å²) in [5.74, 6) is 0.107. The van der Waals surface area contributed by atoms with Crippen LogP contribution in [0.4, 0.5) is 10.7 Å². The van der Waals surface area contributed by atoms with Crippen molar-refractivity contribution < 1.29 is 19.1 Å². The second kappa shape index (κ2) is 9.10. The third-order valence-corrected chi connectivity index (χ3v) is 5.91. The molecule has 7 heteroatoms. The van der Waals surface area contributed by atoms with Gasteiger partial charge in [-0.15, -0.1) is 11.3 Å². The van der Waals surface area contributed by atoms with E-state index in [2.05, 4.69) is 10.6 Å². The average Bonchev–Trinajstić information content (AvgIpc) is 3.04. The van der Waals surface area contributed by atoms with Gasteiger partial charge in [-0.2, -0.15) is 0 Å². The Bertz CT molecular complexity index is 876. The molecular formula is C21H26N2O4S. The number of amides is 1. The smallest absolute Gasteiger partial charge is 0.341 e. The van der Waals surface area contributed by atoms with Gasteiger partial charge < -0.3 is 20.1 Å². The van der Waals surface area contributed by atoms with Gasteiger partial charge in [0.15, 0.2) is 0 Å². The SMILES string of the molecule is CCOC(=O)c1c(NC(=O)CNc2cc(C)ccc2OC)sc2c1CCCC2. The first kappa shape index (κ1) is 20.2. The summed E-state index contributed by atoms with van der Waals surface area (Å²) >= 11 is 1.49. The van der Waals surface area contributed by atoms with E-state index in [-0.39, 0.29) is 18.4 Å². The number of esters is 1. The fraction of sp³-hybridized carbons (Fsp3) is 0.429. The van der Waals surface area contributed by atoms with E-state index in [9.17, 15) is 9.59 Å². The minimum Gasteiger partial charge on any atom is -0.495 e. The van der Waals surface area contributed by atoms with Crippen LogP contribution in [0.1, 0.15) is 46.1 Å². The number of fused-ring (bicyclic) bond motifs is 1. The first-order valence-electron chi connectivity index (χ1n) is 9.53. The van der Waals surface area contributed by atoms with Crippen molar-refractivity contribution in [3.63, 3.8) is 0 Å². The van der Waals surface area contributed by atoms with Crippen LogP contribution in [0.5, 0.6) is 5.75 Å². The summed E-state index contributed by atoms with van der Waals surface area (Å²) in [7, 11) is 1.59. The molecule has 6 nitrogen and oxygen atoms in total. The maximum atomic E-state index is 12.6. The summed E-state index contributed by atoms with van der Waals surface area (Å²) in [5.41, 5.74) is 3.40. The highest BCUT2D eigenvalue weighted by Crippen LogP contribution is 2.38. The van der Waals surface area contributed by atoms with Crippen LogP contribution in [0, 0.1) is 6.92 Å². The molecule has 3 rings (SSSR count). The van der Waals surface area contributed by atoms with Gasteiger partial charge in [0.25, 0.3) is 0 Å². The van der Waals surface area contributed by atoms with Gasteiger partial charge in [0, 0.05) is 4.88 Å². The summed E-state index contributed by atoms with van der Waals surface area (Å²) in [6.07, 6.45) is 3.96. The lowest BCUT2D eigenvalue weighted by atomic mass is 9.95. The first-order valence-corrected chi connectivity index (χ1v) is 10.3. The van der Waals surface area contributed by atoms with Gasteiger partial charge in [-0.25, -0.2) is 4.79 Å². The Hall–Kier alpha value is -2.54. The van der Waals surface area contributed by atoms with Crippen LogP contribution in [0.2, 0.25) is 0 Å². The number of carbonyl (C=O) groups is 2. The normalized spacial score (nSPS) is 12.8. The molecule has 1 aliphatic rings. The zero-order valence-corrected chi connectivity index (χ0v) is 17.3. The van der Waals surface area contributed by atoms with Gasteiger partial charge in [-0.1, -0.05) is 6.07 Å². The van der Waals surface area contributed by atoms with Crippen LogP contribution < -0.4 is 15.4 Å². The predicted molar refractivity (Wildman–Crippen MR) is 112 cm³/mol. The van der Waals surface area contributed by atoms with E-state index < -0.39 is 0 Å². The van der Waals surface area contributed by atoms with Crippen molar-refractivity contribution in [1.82, 2.24) is 0 Å². The first-order chi connectivity index (χ1) is 13.5. The fourth-order valence-electron chi connectivity index (χ4n) is 3.38.